The second-order valence-corrected chi connectivity index (χ2v) is 25.9. The molecule has 7 unspecified atom stereocenters. The largest absolute Gasteiger partial charge is 0.396 e. The van der Waals surface area contributed by atoms with Crippen molar-refractivity contribution in [2.75, 3.05) is 79.2 Å². The van der Waals surface area contributed by atoms with Crippen molar-refractivity contribution in [3.05, 3.63) is 0 Å². The third-order valence-corrected chi connectivity index (χ3v) is 17.1. The standard InChI is InChI=1S/C65H113N5O25/c1-40(2)34-65(25-12-9-17-45(77)15-7-6-8-16-47(79)21-30-91-49-33-44(35-71)57(83)60(86)54(49)68-41(3)74,38-89-28-20-46(78)18-10-13-27-67-53(82)24-32-93-64-56(70-43(5)76)62(88)59(85)51(37-73)95-64)39-90-29-23-52(81)66-26-14-11-19-48(80)22-31-92-63-55(69-42(4)75)61(87)58(84)50(36-72)94-63/h40,44,49-51,54-64,71-73,83-88H,6-39H2,1-5H3,(H,66,81)(H,67,82)(H,68,74)(H,69,75)(H,70,76)/t44?,49-,50?,51?,54?,55?,56?,57+,58+,59+,60-,61-,62-,63-,64-,65?/m1/s1. The minimum absolute atomic E-state index is 0.000580. The van der Waals surface area contributed by atoms with Crippen LogP contribution in [-0.2, 0) is 76.3 Å². The lowest BCUT2D eigenvalue weighted by atomic mass is 9.77. The Kier molecular flexibility index (Phi) is 41.5. The number of aliphatic hydroxyl groups excluding tert-OH is 9. The van der Waals surface area contributed by atoms with Gasteiger partial charge in [-0.15, -0.1) is 0 Å². The van der Waals surface area contributed by atoms with Crippen LogP contribution >= 0.6 is 0 Å². The summed E-state index contributed by atoms with van der Waals surface area (Å²) in [5.74, 6) is -2.54. The first kappa shape index (κ1) is 84.6. The monoisotopic (exact) mass is 1360 g/mol. The zero-order chi connectivity index (χ0) is 70.5. The van der Waals surface area contributed by atoms with Crippen molar-refractivity contribution in [3.63, 3.8) is 0 Å². The van der Waals surface area contributed by atoms with E-state index in [1.165, 1.54) is 20.8 Å². The zero-order valence-electron chi connectivity index (χ0n) is 56.3. The second kappa shape index (κ2) is 46.6. The van der Waals surface area contributed by atoms with Crippen LogP contribution in [0.5, 0.6) is 0 Å². The molecule has 3 rings (SSSR count). The summed E-state index contributed by atoms with van der Waals surface area (Å²) >= 11 is 0. The van der Waals surface area contributed by atoms with Gasteiger partial charge in [-0.25, -0.2) is 0 Å². The Labute approximate surface area is 557 Å². The molecule has 14 N–H and O–H groups in total. The Morgan fingerprint density at radius 2 is 0.821 bits per heavy atom. The van der Waals surface area contributed by atoms with Crippen molar-refractivity contribution in [2.45, 2.75) is 262 Å². The molecular weight excluding hydrogens is 1250 g/mol. The summed E-state index contributed by atoms with van der Waals surface area (Å²) in [7, 11) is 0. The lowest BCUT2D eigenvalue weighted by Gasteiger charge is -2.42. The minimum atomic E-state index is -1.49. The van der Waals surface area contributed by atoms with Crippen LogP contribution < -0.4 is 26.6 Å². The lowest BCUT2D eigenvalue weighted by molar-refractivity contribution is -0.270. The van der Waals surface area contributed by atoms with E-state index in [0.29, 0.717) is 103 Å². The molecular formula is C65H113N5O25. The Balaban J connectivity index is 1.44. The molecule has 1 aliphatic carbocycles. The van der Waals surface area contributed by atoms with Crippen LogP contribution in [0.1, 0.15) is 176 Å². The van der Waals surface area contributed by atoms with Gasteiger partial charge >= 0.3 is 0 Å². The predicted molar refractivity (Wildman–Crippen MR) is 339 cm³/mol. The summed E-state index contributed by atoms with van der Waals surface area (Å²) in [6.45, 7) is 7.45. The summed E-state index contributed by atoms with van der Waals surface area (Å²) in [5, 5.41) is 104. The van der Waals surface area contributed by atoms with Crippen molar-refractivity contribution < 1.29 is 122 Å². The molecule has 0 aromatic rings. The minimum Gasteiger partial charge on any atom is -0.396 e. The quantitative estimate of drug-likeness (QED) is 0.0322. The predicted octanol–water partition coefficient (Wildman–Crippen LogP) is -1.09. The van der Waals surface area contributed by atoms with Crippen LogP contribution in [0.3, 0.4) is 0 Å². The lowest BCUT2D eigenvalue weighted by Crippen LogP contribution is -2.64. The van der Waals surface area contributed by atoms with E-state index in [2.05, 4.69) is 40.4 Å². The number of ether oxygens (including phenoxy) is 7. The number of nitrogens with one attached hydrogen (secondary N) is 5. The van der Waals surface area contributed by atoms with E-state index in [1.807, 2.05) is 0 Å². The van der Waals surface area contributed by atoms with Gasteiger partial charge in [0.25, 0.3) is 0 Å². The Bertz CT molecular complexity index is 2070. The first-order valence-electron chi connectivity index (χ1n) is 33.9. The molecule has 16 atom stereocenters. The number of ketones is 4. The fraction of sp³-hybridized carbons (Fsp3) is 0.862. The number of amides is 5. The van der Waals surface area contributed by atoms with Gasteiger partial charge in [0.1, 0.15) is 77.9 Å². The molecule has 30 heteroatoms. The van der Waals surface area contributed by atoms with Gasteiger partial charge in [-0.2, -0.15) is 0 Å². The maximum Gasteiger partial charge on any atom is 0.222 e. The molecule has 1 saturated carbocycles. The van der Waals surface area contributed by atoms with Crippen LogP contribution in [0.4, 0.5) is 0 Å². The average Bonchev–Trinajstić information content (AvgIpc) is 0.831. The number of carbonyl (C=O) groups excluding carboxylic acids is 9. The number of aliphatic hydroxyl groups is 9. The second-order valence-electron chi connectivity index (χ2n) is 25.9. The molecule has 2 heterocycles. The van der Waals surface area contributed by atoms with Crippen molar-refractivity contribution in [2.24, 2.45) is 17.3 Å². The highest BCUT2D eigenvalue weighted by molar-refractivity contribution is 5.80. The topological polar surface area (TPSA) is 460 Å². The molecule has 0 radical (unpaired) electrons. The van der Waals surface area contributed by atoms with Crippen molar-refractivity contribution in [1.29, 1.82) is 0 Å². The van der Waals surface area contributed by atoms with Gasteiger partial charge in [0.15, 0.2) is 12.6 Å². The van der Waals surface area contributed by atoms with E-state index < -0.39 is 128 Å². The zero-order valence-corrected chi connectivity index (χ0v) is 56.3. The normalized spacial score (nSPS) is 26.7. The highest BCUT2D eigenvalue weighted by atomic mass is 16.7. The SMILES string of the molecule is CC(=O)NC1[C@H](OCCC(=O)CCCCNC(=O)CCOCC(CCCCC(=O)CCCCCC(=O)CCO[C@@H]2CC(CO)[C@H](O)[C@H](O)C2NC(C)=O)(COCCC(=O)CCCCNC(=O)CCO[C@@H]2OC(CO)[C@H](O)[C@H](O)C2NC(C)=O)CC(C)C)OC(CO)[C@H](O)[C@@H]1O. The Hall–Kier alpha value is -4.61. The molecule has 0 spiro atoms. The molecule has 3 fully saturated rings. The molecule has 0 aromatic carbocycles. The third kappa shape index (κ3) is 32.7. The molecule has 2 saturated heterocycles. The molecule has 3 aliphatic rings. The highest BCUT2D eigenvalue weighted by Gasteiger charge is 2.48. The number of carbonyl (C=O) groups is 9. The van der Waals surface area contributed by atoms with Gasteiger partial charge in [-0.05, 0) is 70.1 Å². The molecule has 30 nitrogen and oxygen atoms in total. The molecule has 2 aliphatic heterocycles. The fourth-order valence-corrected chi connectivity index (χ4v) is 12.0. The smallest absolute Gasteiger partial charge is 0.222 e. The summed E-state index contributed by atoms with van der Waals surface area (Å²) in [5.41, 5.74) is -0.519. The summed E-state index contributed by atoms with van der Waals surface area (Å²) in [6.07, 6.45) is -5.53. The Morgan fingerprint density at radius 3 is 1.26 bits per heavy atom. The van der Waals surface area contributed by atoms with Crippen LogP contribution in [0, 0.1) is 17.3 Å². The van der Waals surface area contributed by atoms with E-state index in [0.717, 1.165) is 0 Å². The van der Waals surface area contributed by atoms with Crippen LogP contribution in [-0.4, -0.2) is 263 Å². The number of rotatable bonds is 51. The first-order valence-corrected chi connectivity index (χ1v) is 33.9. The van der Waals surface area contributed by atoms with Crippen LogP contribution in [0.2, 0.25) is 0 Å². The van der Waals surface area contributed by atoms with Gasteiger partial charge in [0.05, 0.1) is 84.1 Å². The highest BCUT2D eigenvalue weighted by Crippen LogP contribution is 2.35. The third-order valence-electron chi connectivity index (χ3n) is 17.1. The summed E-state index contributed by atoms with van der Waals surface area (Å²) in [6, 6.07) is -3.16. The van der Waals surface area contributed by atoms with Gasteiger partial charge in [0.2, 0.25) is 29.5 Å². The Morgan fingerprint density at radius 1 is 0.442 bits per heavy atom. The van der Waals surface area contributed by atoms with Crippen LogP contribution in [0.15, 0.2) is 0 Å². The summed E-state index contributed by atoms with van der Waals surface area (Å²) in [4.78, 5) is 112. The van der Waals surface area contributed by atoms with E-state index >= 15 is 0 Å². The van der Waals surface area contributed by atoms with E-state index in [9.17, 15) is 89.1 Å². The van der Waals surface area contributed by atoms with E-state index in [4.69, 9.17) is 33.2 Å². The molecule has 5 amide bonds. The maximum atomic E-state index is 13.1. The number of Topliss-reactive ketones (excluding diaryl/α,β-unsaturated/α-hetero) is 4. The summed E-state index contributed by atoms with van der Waals surface area (Å²) < 4.78 is 40.6. The number of hydrogen-bond acceptors (Lipinski definition) is 25. The fourth-order valence-electron chi connectivity index (χ4n) is 12.0. The van der Waals surface area contributed by atoms with Gasteiger partial charge < -0.3 is 106 Å². The first-order chi connectivity index (χ1) is 45.2. The average molecular weight is 1360 g/mol. The molecule has 0 bridgehead atoms. The molecule has 95 heavy (non-hydrogen) atoms. The van der Waals surface area contributed by atoms with E-state index in [1.54, 1.807) is 0 Å². The van der Waals surface area contributed by atoms with Gasteiger partial charge in [-0.3, -0.25) is 43.2 Å². The number of hydrogen-bond donors (Lipinski definition) is 14. The van der Waals surface area contributed by atoms with Crippen molar-refractivity contribution >= 4 is 52.7 Å². The van der Waals surface area contributed by atoms with Crippen molar-refractivity contribution in [1.82, 2.24) is 26.6 Å². The molecule has 0 aromatic heterocycles. The van der Waals surface area contributed by atoms with Gasteiger partial charge in [-0.1, -0.05) is 26.7 Å². The van der Waals surface area contributed by atoms with Crippen molar-refractivity contribution in [3.8, 4) is 0 Å². The van der Waals surface area contributed by atoms with Crippen LogP contribution in [0.25, 0.3) is 0 Å². The number of unbranched alkanes of at least 4 members (excludes halogenated alkanes) is 5. The van der Waals surface area contributed by atoms with E-state index in [-0.39, 0.29) is 145 Å². The van der Waals surface area contributed by atoms with Gasteiger partial charge in [0, 0.05) is 110 Å². The molecule has 548 valence electrons. The maximum absolute atomic E-state index is 13.1.